The van der Waals surface area contributed by atoms with Gasteiger partial charge in [-0.05, 0) is 118 Å². The van der Waals surface area contributed by atoms with Crippen molar-refractivity contribution in [3.8, 4) is 0 Å². The second kappa shape index (κ2) is 7.72. The molecular weight excluding hydrogens is 432 g/mol. The third kappa shape index (κ3) is 2.83. The van der Waals surface area contributed by atoms with Crippen LogP contribution in [0.25, 0.3) is 24.3 Å². The van der Waals surface area contributed by atoms with Crippen molar-refractivity contribution in [2.45, 2.75) is 101 Å². The molecule has 0 nitrogen and oxygen atoms in total. The highest BCUT2D eigenvalue weighted by molar-refractivity contribution is 5.87. The smallest absolute Gasteiger partial charge is 0.0122 e. The highest BCUT2D eigenvalue weighted by Gasteiger charge is 2.49. The normalized spacial score (nSPS) is 40.4. The maximum Gasteiger partial charge on any atom is -0.0122 e. The molecule has 0 heteroatoms. The molecule has 0 amide bonds. The van der Waals surface area contributed by atoms with Crippen LogP contribution in [0, 0.1) is 23.7 Å². The predicted octanol–water partition coefficient (Wildman–Crippen LogP) is 9.90. The molecule has 4 fully saturated rings. The lowest BCUT2D eigenvalue weighted by Crippen LogP contribution is -2.30. The first-order valence-electron chi connectivity index (χ1n) is 15.6. The van der Waals surface area contributed by atoms with Crippen molar-refractivity contribution in [3.63, 3.8) is 0 Å². The fourth-order valence-corrected chi connectivity index (χ4v) is 11.1. The van der Waals surface area contributed by atoms with E-state index >= 15 is 0 Å². The summed E-state index contributed by atoms with van der Waals surface area (Å²) in [5.41, 5.74) is 12.8. The maximum atomic E-state index is 2.63. The van der Waals surface area contributed by atoms with Gasteiger partial charge in [0.2, 0.25) is 0 Å². The van der Waals surface area contributed by atoms with Gasteiger partial charge in [-0.15, -0.1) is 0 Å². The Balaban J connectivity index is 1.13. The molecule has 4 atom stereocenters. The second-order valence-electron chi connectivity index (χ2n) is 13.7. The fourth-order valence-electron chi connectivity index (χ4n) is 11.1. The van der Waals surface area contributed by atoms with Crippen LogP contribution in [0.2, 0.25) is 0 Å². The van der Waals surface area contributed by atoms with Gasteiger partial charge in [-0.1, -0.05) is 99.9 Å². The molecule has 2 aromatic rings. The third-order valence-electron chi connectivity index (χ3n) is 12.4. The lowest BCUT2D eigenvalue weighted by Gasteiger charge is -2.41. The fraction of sp³-hybridized carbons (Fsp3) is 0.556. The minimum Gasteiger partial charge on any atom is -0.0538 e. The first-order chi connectivity index (χ1) is 17.8. The van der Waals surface area contributed by atoms with Crippen molar-refractivity contribution in [2.75, 3.05) is 0 Å². The molecule has 0 bridgehead atoms. The van der Waals surface area contributed by atoms with Crippen molar-refractivity contribution < 1.29 is 0 Å². The Hall–Kier alpha value is -2.08. The summed E-state index contributed by atoms with van der Waals surface area (Å²) in [4.78, 5) is 0. The van der Waals surface area contributed by atoms with Crippen LogP contribution in [0.1, 0.15) is 145 Å². The molecule has 4 unspecified atom stereocenters. The standard InChI is InChI=1S/C36H40/c1-5-21-6-2-10-28-32-18-24-15-16-26-20-34-30-12-4-8-22-7-3-11-29(36(22)30)33(34)19-25(26)14-13-23(24)17-31(32)27(9-1)35(21)28/h13-22,27-30,35-36H,1-12H2/b14-13-,16-15-,23-13?,24-15?,25-14?,26-16?. The Morgan fingerprint density at radius 3 is 0.917 bits per heavy atom. The molecule has 4 saturated carbocycles. The van der Waals surface area contributed by atoms with Gasteiger partial charge in [0.05, 0.1) is 0 Å². The van der Waals surface area contributed by atoms with Crippen LogP contribution >= 0.6 is 0 Å². The quantitative estimate of drug-likeness (QED) is 0.305. The summed E-state index contributed by atoms with van der Waals surface area (Å²) >= 11 is 0. The van der Waals surface area contributed by atoms with Gasteiger partial charge in [-0.25, -0.2) is 0 Å². The molecule has 0 aromatic heterocycles. The summed E-state index contributed by atoms with van der Waals surface area (Å²) in [6.45, 7) is 0. The molecule has 9 rings (SSSR count). The molecule has 36 heavy (non-hydrogen) atoms. The predicted molar refractivity (Wildman–Crippen MR) is 151 cm³/mol. The van der Waals surface area contributed by atoms with Crippen LogP contribution in [-0.4, -0.2) is 0 Å². The van der Waals surface area contributed by atoms with Crippen molar-refractivity contribution in [1.82, 2.24) is 0 Å². The number of benzene rings is 2. The van der Waals surface area contributed by atoms with Crippen LogP contribution in [-0.2, 0) is 0 Å². The minimum absolute atomic E-state index is 0.843. The van der Waals surface area contributed by atoms with E-state index in [4.69, 9.17) is 0 Å². The van der Waals surface area contributed by atoms with Gasteiger partial charge in [0.1, 0.15) is 0 Å². The zero-order valence-electron chi connectivity index (χ0n) is 21.7. The topological polar surface area (TPSA) is 0 Å². The summed E-state index contributed by atoms with van der Waals surface area (Å²) in [5, 5.41) is 0. The number of rotatable bonds is 0. The van der Waals surface area contributed by atoms with E-state index in [1.165, 1.54) is 99.3 Å². The van der Waals surface area contributed by atoms with Crippen LogP contribution < -0.4 is 0 Å². The van der Waals surface area contributed by atoms with Gasteiger partial charge < -0.3 is 0 Å². The summed E-state index contributed by atoms with van der Waals surface area (Å²) < 4.78 is 0. The van der Waals surface area contributed by atoms with Gasteiger partial charge in [0, 0.05) is 0 Å². The molecule has 0 radical (unpaired) electrons. The molecule has 0 spiro atoms. The van der Waals surface area contributed by atoms with Gasteiger partial charge in [-0.3, -0.25) is 0 Å². The van der Waals surface area contributed by atoms with Gasteiger partial charge in [0.25, 0.3) is 0 Å². The first-order valence-corrected chi connectivity index (χ1v) is 15.6. The van der Waals surface area contributed by atoms with Crippen LogP contribution in [0.15, 0.2) is 24.3 Å². The van der Waals surface area contributed by atoms with E-state index in [9.17, 15) is 0 Å². The highest BCUT2D eigenvalue weighted by Crippen LogP contribution is 2.62. The SMILES string of the molecule is C1=C\c2cc3c(cc2/C=C\c2cc4c(cc2/1)C1CCCC2CCCC4C21)C1CCCC2CCCC3C21. The Bertz CT molecular complexity index is 1110. The summed E-state index contributed by atoms with van der Waals surface area (Å²) in [5.74, 6) is 7.27. The molecule has 0 saturated heterocycles. The highest BCUT2D eigenvalue weighted by atomic mass is 14.5. The Morgan fingerprint density at radius 1 is 0.361 bits per heavy atom. The monoisotopic (exact) mass is 472 g/mol. The van der Waals surface area contributed by atoms with Crippen molar-refractivity contribution >= 4 is 24.3 Å². The third-order valence-corrected chi connectivity index (χ3v) is 12.4. The van der Waals surface area contributed by atoms with E-state index in [1.54, 1.807) is 22.3 Å². The average Bonchev–Trinajstić information content (AvgIpc) is 3.39. The van der Waals surface area contributed by atoms with Crippen LogP contribution in [0.5, 0.6) is 0 Å². The molecule has 0 heterocycles. The second-order valence-corrected chi connectivity index (χ2v) is 13.7. The minimum atomic E-state index is 0.843. The van der Waals surface area contributed by atoms with Crippen molar-refractivity contribution in [3.05, 3.63) is 68.8 Å². The lowest BCUT2D eigenvalue weighted by atomic mass is 9.64. The largest absolute Gasteiger partial charge is 0.0538 e. The summed E-state index contributed by atoms with van der Waals surface area (Å²) in [6.07, 6.45) is 27.4. The van der Waals surface area contributed by atoms with Gasteiger partial charge in [0.15, 0.2) is 0 Å². The molecule has 0 N–H and O–H groups in total. The Kier molecular flexibility index (Phi) is 4.49. The van der Waals surface area contributed by atoms with E-state index in [0.717, 1.165) is 47.3 Å². The maximum absolute atomic E-state index is 2.63. The summed E-state index contributed by atoms with van der Waals surface area (Å²) in [7, 11) is 0. The molecule has 7 aliphatic rings. The molecular formula is C36H40. The van der Waals surface area contributed by atoms with Crippen molar-refractivity contribution in [2.24, 2.45) is 23.7 Å². The number of hydrogen-bond acceptors (Lipinski definition) is 0. The van der Waals surface area contributed by atoms with E-state index in [2.05, 4.69) is 48.6 Å². The van der Waals surface area contributed by atoms with Gasteiger partial charge in [-0.2, -0.15) is 0 Å². The van der Waals surface area contributed by atoms with E-state index < -0.39 is 0 Å². The molecule has 184 valence electrons. The van der Waals surface area contributed by atoms with Crippen LogP contribution in [0.4, 0.5) is 0 Å². The first kappa shape index (κ1) is 20.9. The van der Waals surface area contributed by atoms with E-state index in [1.807, 2.05) is 0 Å². The zero-order valence-corrected chi connectivity index (χ0v) is 21.7. The van der Waals surface area contributed by atoms with E-state index in [-0.39, 0.29) is 0 Å². The zero-order chi connectivity index (χ0) is 23.4. The number of fused-ring (bicyclic) bond motifs is 8. The van der Waals surface area contributed by atoms with Crippen molar-refractivity contribution in [1.29, 1.82) is 0 Å². The number of hydrogen-bond donors (Lipinski definition) is 0. The Labute approximate surface area is 217 Å². The molecule has 2 aromatic carbocycles. The molecule has 0 aliphatic heterocycles. The Morgan fingerprint density at radius 2 is 0.639 bits per heavy atom. The molecule has 7 aliphatic carbocycles. The van der Waals surface area contributed by atoms with Gasteiger partial charge >= 0.3 is 0 Å². The van der Waals surface area contributed by atoms with Crippen LogP contribution in [0.3, 0.4) is 0 Å². The lowest BCUT2D eigenvalue weighted by molar-refractivity contribution is 0.138. The van der Waals surface area contributed by atoms with E-state index in [0.29, 0.717) is 0 Å². The summed E-state index contributed by atoms with van der Waals surface area (Å²) in [6, 6.07) is 10.5. The average molecular weight is 473 g/mol.